The molecule has 3 N–H and O–H groups in total. The Bertz CT molecular complexity index is 2740. The zero-order valence-corrected chi connectivity index (χ0v) is 65.6. The Morgan fingerprint density at radius 2 is 0.558 bits per heavy atom. The van der Waals surface area contributed by atoms with Crippen LogP contribution in [0.1, 0.15) is 259 Å². The number of carbonyl (C=O) groups is 4. The van der Waals surface area contributed by atoms with Crippen molar-refractivity contribution in [3.8, 4) is 0 Å². The first-order valence-electron chi connectivity index (χ1n) is 38.7. The number of unbranched alkanes of at least 4 members (excludes halogenated alkanes) is 13. The number of aliphatic hydroxyl groups is 1. The van der Waals surface area contributed by atoms with E-state index >= 15 is 0 Å². The number of ether oxygens (including phenoxy) is 4. The fourth-order valence-corrected chi connectivity index (χ4v) is 10.9. The molecule has 0 aliphatic rings. The van der Waals surface area contributed by atoms with E-state index in [0.29, 0.717) is 32.1 Å². The van der Waals surface area contributed by atoms with Crippen LogP contribution in [0.25, 0.3) is 0 Å². The zero-order valence-electron chi connectivity index (χ0n) is 63.9. The largest absolute Gasteiger partial charge is 0.472 e. The summed E-state index contributed by atoms with van der Waals surface area (Å²) in [4.78, 5) is 72.8. The van der Waals surface area contributed by atoms with Crippen LogP contribution in [0, 0.1) is 0 Å². The first-order chi connectivity index (χ1) is 50.7. The number of phosphoric ester groups is 2. The highest BCUT2D eigenvalue weighted by molar-refractivity contribution is 7.47. The SMILES string of the molecule is CC/C=C\C/C=C\C/C=C\C/C=C\C/C=C\C/C=C\CCC(=O)OCC(COP(=O)(O)OCC(O)COP(=O)(O)OCC(COC(=O)C/C=C\C/C=C\C/C=C\C/C=C\C/C=C\CC)OC(=O)CCCCCCCCCCCCC)OC(=O)CCCCC/C=C\C/C=C\C/C=C\C/C=C\C/C=C\CC. The van der Waals surface area contributed by atoms with Gasteiger partial charge in [0, 0.05) is 19.3 Å². The van der Waals surface area contributed by atoms with Gasteiger partial charge in [-0.3, -0.25) is 37.3 Å². The van der Waals surface area contributed by atoms with E-state index in [9.17, 15) is 43.2 Å². The summed E-state index contributed by atoms with van der Waals surface area (Å²) in [6, 6.07) is 0. The van der Waals surface area contributed by atoms with Crippen LogP contribution >= 0.6 is 15.6 Å². The number of allylic oxidation sites excluding steroid dienone is 31. The molecule has 19 heteroatoms. The summed E-state index contributed by atoms with van der Waals surface area (Å²) >= 11 is 0. The number of rotatable bonds is 70. The second kappa shape index (κ2) is 75.1. The Morgan fingerprint density at radius 1 is 0.288 bits per heavy atom. The highest BCUT2D eigenvalue weighted by atomic mass is 31.2. The van der Waals surface area contributed by atoms with Crippen LogP contribution in [-0.2, 0) is 65.4 Å². The van der Waals surface area contributed by atoms with E-state index in [2.05, 4.69) is 180 Å². The van der Waals surface area contributed by atoms with Crippen molar-refractivity contribution in [2.45, 2.75) is 277 Å². The van der Waals surface area contributed by atoms with Gasteiger partial charge in [-0.05, 0) is 135 Å². The van der Waals surface area contributed by atoms with E-state index in [1.165, 1.54) is 38.5 Å². The third kappa shape index (κ3) is 74.2. The van der Waals surface area contributed by atoms with E-state index in [1.54, 1.807) is 6.08 Å². The number of hydrogen-bond donors (Lipinski definition) is 3. The van der Waals surface area contributed by atoms with Gasteiger partial charge in [0.25, 0.3) is 0 Å². The minimum Gasteiger partial charge on any atom is -0.462 e. The average molecular weight is 1490 g/mol. The summed E-state index contributed by atoms with van der Waals surface area (Å²) in [6.45, 7) is 4.24. The lowest BCUT2D eigenvalue weighted by atomic mass is 10.1. The van der Waals surface area contributed by atoms with Crippen molar-refractivity contribution in [1.29, 1.82) is 0 Å². The van der Waals surface area contributed by atoms with Crippen LogP contribution < -0.4 is 0 Å². The van der Waals surface area contributed by atoms with Crippen LogP contribution in [-0.4, -0.2) is 96.7 Å². The highest BCUT2D eigenvalue weighted by Crippen LogP contribution is 2.45. The smallest absolute Gasteiger partial charge is 0.462 e. The van der Waals surface area contributed by atoms with Gasteiger partial charge < -0.3 is 33.8 Å². The standard InChI is InChI=1S/C85H134O17P2/c1-5-9-13-17-21-25-29-32-35-37-39-41-44-47-51-54-58-62-66-70-83(88)96-76-81(102-85(90)72-68-64-60-56-52-48-45-42-40-38-36-33-30-26-22-18-14-10-6-2)78-100-104(93,94)98-74-79(86)73-97-103(91,92)99-77-80(101-84(89)71-67-63-59-55-49-28-24-20-16-12-8-4)75-95-82(87)69-65-61-57-53-50-46-43-34-31-27-23-19-15-11-7-3/h9-11,13-15,21-23,25-27,32-36,39-43,47-48,50-53,58,61-62,65,79-81,86H,5-8,12,16-20,24,28-31,37-38,44-46,49,54-57,59-60,63-64,66-78H2,1-4H3,(H,91,92)(H,93,94)/b13-9-,14-10-,15-11-,25-21-,26-22-,27-23-,35-32-,36-33-,41-39-,42-40-,43-34-,51-47-,52-48-,53-50-,62-58-,65-61-. The van der Waals surface area contributed by atoms with Gasteiger partial charge in [-0.15, -0.1) is 0 Å². The fourth-order valence-electron chi connectivity index (χ4n) is 9.34. The van der Waals surface area contributed by atoms with Gasteiger partial charge in [0.1, 0.15) is 19.3 Å². The molecule has 0 saturated heterocycles. The van der Waals surface area contributed by atoms with Gasteiger partial charge >= 0.3 is 39.5 Å². The second-order valence-corrected chi connectivity index (χ2v) is 27.7. The molecule has 0 aliphatic carbocycles. The quantitative estimate of drug-likeness (QED) is 0.0169. The maximum Gasteiger partial charge on any atom is 0.472 e. The maximum atomic E-state index is 13.1. The van der Waals surface area contributed by atoms with Crippen molar-refractivity contribution >= 4 is 39.5 Å². The molecule has 5 atom stereocenters. The predicted molar refractivity (Wildman–Crippen MR) is 426 cm³/mol. The normalized spacial score (nSPS) is 15.0. The zero-order chi connectivity index (χ0) is 76.0. The Kier molecular flexibility index (Phi) is 70.7. The number of hydrogen-bond acceptors (Lipinski definition) is 15. The Labute approximate surface area is 627 Å². The molecule has 0 bridgehead atoms. The van der Waals surface area contributed by atoms with Gasteiger partial charge in [0.05, 0.1) is 32.8 Å². The lowest BCUT2D eigenvalue weighted by Gasteiger charge is -2.21. The number of carbonyl (C=O) groups excluding carboxylic acids is 4. The molecule has 0 aromatic heterocycles. The molecule has 0 aliphatic heterocycles. The first-order valence-corrected chi connectivity index (χ1v) is 41.7. The van der Waals surface area contributed by atoms with Crippen LogP contribution in [0.2, 0.25) is 0 Å². The number of aliphatic hydroxyl groups excluding tert-OH is 1. The molecule has 586 valence electrons. The van der Waals surface area contributed by atoms with Crippen molar-refractivity contribution < 1.29 is 80.2 Å². The van der Waals surface area contributed by atoms with E-state index in [1.807, 2.05) is 36.5 Å². The predicted octanol–water partition coefficient (Wildman–Crippen LogP) is 22.5. The molecule has 0 saturated carbocycles. The summed E-state index contributed by atoms with van der Waals surface area (Å²) in [7, 11) is -10.0. The minimum atomic E-state index is -5.02. The van der Waals surface area contributed by atoms with E-state index < -0.39 is 97.5 Å². The maximum absolute atomic E-state index is 13.1. The van der Waals surface area contributed by atoms with Crippen molar-refractivity contribution in [3.63, 3.8) is 0 Å². The van der Waals surface area contributed by atoms with Crippen molar-refractivity contribution in [2.75, 3.05) is 39.6 Å². The molecule has 0 heterocycles. The molecule has 5 unspecified atom stereocenters. The van der Waals surface area contributed by atoms with Crippen molar-refractivity contribution in [1.82, 2.24) is 0 Å². The molecule has 104 heavy (non-hydrogen) atoms. The summed E-state index contributed by atoms with van der Waals surface area (Å²) in [6.07, 6.45) is 91.9. The van der Waals surface area contributed by atoms with E-state index in [4.69, 9.17) is 37.0 Å². The molecule has 0 spiro atoms. The molecule has 0 radical (unpaired) electrons. The summed E-state index contributed by atoms with van der Waals surface area (Å²) in [5.74, 6) is -2.48. The Balaban J connectivity index is 5.53. The van der Waals surface area contributed by atoms with Crippen molar-refractivity contribution in [3.05, 3.63) is 194 Å². The number of phosphoric acid groups is 2. The summed E-state index contributed by atoms with van der Waals surface area (Å²) < 4.78 is 68.2. The molecule has 17 nitrogen and oxygen atoms in total. The van der Waals surface area contributed by atoms with Crippen LogP contribution in [0.3, 0.4) is 0 Å². The highest BCUT2D eigenvalue weighted by Gasteiger charge is 2.30. The lowest BCUT2D eigenvalue weighted by Crippen LogP contribution is -2.30. The molecule has 0 fully saturated rings. The molecule has 0 aromatic carbocycles. The van der Waals surface area contributed by atoms with Crippen LogP contribution in [0.5, 0.6) is 0 Å². The van der Waals surface area contributed by atoms with Gasteiger partial charge in [-0.1, -0.05) is 293 Å². The molecular formula is C85H134O17P2. The molecule has 0 amide bonds. The minimum absolute atomic E-state index is 0.0187. The molecule has 0 rings (SSSR count). The molecular weight excluding hydrogens is 1350 g/mol. The van der Waals surface area contributed by atoms with E-state index in [0.717, 1.165) is 135 Å². The first kappa shape index (κ1) is 97.9. The lowest BCUT2D eigenvalue weighted by molar-refractivity contribution is -0.161. The fraction of sp³-hybridized carbons (Fsp3) is 0.576. The van der Waals surface area contributed by atoms with Gasteiger partial charge in [-0.25, -0.2) is 9.13 Å². The topological polar surface area (TPSA) is 237 Å². The second-order valence-electron chi connectivity index (χ2n) is 24.8. The Morgan fingerprint density at radius 3 is 0.894 bits per heavy atom. The number of esters is 4. The van der Waals surface area contributed by atoms with Crippen molar-refractivity contribution in [2.24, 2.45) is 0 Å². The van der Waals surface area contributed by atoms with Crippen LogP contribution in [0.4, 0.5) is 0 Å². The average Bonchev–Trinajstić information content (AvgIpc) is 0.928. The summed E-state index contributed by atoms with van der Waals surface area (Å²) in [5.41, 5.74) is 0. The summed E-state index contributed by atoms with van der Waals surface area (Å²) in [5, 5.41) is 10.6. The Hall–Kier alpha value is -6.10. The van der Waals surface area contributed by atoms with Gasteiger partial charge in [0.2, 0.25) is 0 Å². The third-order valence-corrected chi connectivity index (χ3v) is 17.0. The van der Waals surface area contributed by atoms with Gasteiger partial charge in [-0.2, -0.15) is 0 Å². The van der Waals surface area contributed by atoms with E-state index in [-0.39, 0.29) is 25.7 Å². The molecule has 0 aromatic rings. The third-order valence-electron chi connectivity index (χ3n) is 15.1. The monoisotopic (exact) mass is 1490 g/mol. The van der Waals surface area contributed by atoms with Gasteiger partial charge in [0.15, 0.2) is 12.2 Å². The van der Waals surface area contributed by atoms with Crippen LogP contribution in [0.15, 0.2) is 194 Å².